The molecule has 0 heterocycles. The summed E-state index contributed by atoms with van der Waals surface area (Å²) in [6.07, 6.45) is 0.935. The molecular formula is C15H25N3O2. The largest absolute Gasteiger partial charge is 0.399 e. The van der Waals surface area contributed by atoms with Gasteiger partial charge in [0, 0.05) is 31.5 Å². The normalized spacial score (nSPS) is 10.8. The highest BCUT2D eigenvalue weighted by atomic mass is 16.5. The van der Waals surface area contributed by atoms with Gasteiger partial charge in [-0.2, -0.15) is 0 Å². The van der Waals surface area contributed by atoms with E-state index in [9.17, 15) is 4.79 Å². The van der Waals surface area contributed by atoms with E-state index >= 15 is 0 Å². The van der Waals surface area contributed by atoms with Crippen molar-refractivity contribution in [3.63, 3.8) is 0 Å². The van der Waals surface area contributed by atoms with Crippen LogP contribution in [-0.2, 0) is 4.74 Å². The van der Waals surface area contributed by atoms with Crippen molar-refractivity contribution in [2.75, 3.05) is 53.2 Å². The van der Waals surface area contributed by atoms with Gasteiger partial charge in [0.25, 0.3) is 5.91 Å². The molecule has 0 atom stereocenters. The molecule has 0 spiro atoms. The Bertz CT molecular complexity index is 421. The Labute approximate surface area is 121 Å². The first-order valence-corrected chi connectivity index (χ1v) is 6.83. The van der Waals surface area contributed by atoms with Crippen LogP contribution in [0.2, 0.25) is 0 Å². The first-order chi connectivity index (χ1) is 9.54. The van der Waals surface area contributed by atoms with Crippen LogP contribution in [0, 0.1) is 0 Å². The second kappa shape index (κ2) is 8.55. The molecule has 0 saturated carbocycles. The zero-order valence-electron chi connectivity index (χ0n) is 12.6. The average Bonchev–Trinajstić information content (AvgIpc) is 2.41. The summed E-state index contributed by atoms with van der Waals surface area (Å²) in [5.41, 5.74) is 6.97. The van der Waals surface area contributed by atoms with Crippen molar-refractivity contribution in [1.29, 1.82) is 0 Å². The fourth-order valence-electron chi connectivity index (χ4n) is 1.95. The Hall–Kier alpha value is -1.59. The zero-order valence-corrected chi connectivity index (χ0v) is 12.6. The topological polar surface area (TPSA) is 58.8 Å². The minimum Gasteiger partial charge on any atom is -0.399 e. The lowest BCUT2D eigenvalue weighted by atomic mass is 10.1. The van der Waals surface area contributed by atoms with Gasteiger partial charge in [0.15, 0.2) is 0 Å². The highest BCUT2D eigenvalue weighted by Crippen LogP contribution is 2.10. The summed E-state index contributed by atoms with van der Waals surface area (Å²) in [6, 6.07) is 7.09. The molecule has 0 saturated heterocycles. The van der Waals surface area contributed by atoms with Crippen molar-refractivity contribution in [1.82, 2.24) is 9.80 Å². The number of rotatable bonds is 8. The van der Waals surface area contributed by atoms with Crippen LogP contribution in [0.25, 0.3) is 0 Å². The Balaban J connectivity index is 2.68. The third-order valence-electron chi connectivity index (χ3n) is 3.02. The van der Waals surface area contributed by atoms with Crippen LogP contribution in [0.5, 0.6) is 0 Å². The maximum Gasteiger partial charge on any atom is 0.254 e. The molecule has 2 N–H and O–H groups in total. The standard InChI is InChI=1S/C15H25N3O2/c1-17(2)8-5-9-18(10-11-20-3)15(19)13-6-4-7-14(16)12-13/h4,6-7,12H,5,8-11,16H2,1-3H3. The van der Waals surface area contributed by atoms with Crippen molar-refractivity contribution in [2.45, 2.75) is 6.42 Å². The molecule has 1 amide bonds. The molecule has 1 aromatic carbocycles. The van der Waals surface area contributed by atoms with E-state index < -0.39 is 0 Å². The third kappa shape index (κ3) is 5.59. The van der Waals surface area contributed by atoms with Crippen LogP contribution >= 0.6 is 0 Å². The number of hydrogen-bond acceptors (Lipinski definition) is 4. The van der Waals surface area contributed by atoms with E-state index in [0.29, 0.717) is 24.4 Å². The number of ether oxygens (including phenoxy) is 1. The van der Waals surface area contributed by atoms with Gasteiger partial charge >= 0.3 is 0 Å². The lowest BCUT2D eigenvalue weighted by Gasteiger charge is -2.23. The number of carbonyl (C=O) groups is 1. The maximum absolute atomic E-state index is 12.5. The van der Waals surface area contributed by atoms with Crippen LogP contribution < -0.4 is 5.73 Å². The number of nitrogens with zero attached hydrogens (tertiary/aromatic N) is 2. The smallest absolute Gasteiger partial charge is 0.254 e. The van der Waals surface area contributed by atoms with Crippen molar-refractivity contribution < 1.29 is 9.53 Å². The second-order valence-electron chi connectivity index (χ2n) is 5.07. The summed E-state index contributed by atoms with van der Waals surface area (Å²) in [7, 11) is 5.70. The van der Waals surface area contributed by atoms with Crippen molar-refractivity contribution >= 4 is 11.6 Å². The summed E-state index contributed by atoms with van der Waals surface area (Å²) >= 11 is 0. The first kappa shape index (κ1) is 16.5. The average molecular weight is 279 g/mol. The molecule has 5 nitrogen and oxygen atoms in total. The molecule has 0 aliphatic heterocycles. The van der Waals surface area contributed by atoms with Gasteiger partial charge in [0.1, 0.15) is 0 Å². The van der Waals surface area contributed by atoms with Gasteiger partial charge in [0.05, 0.1) is 6.61 Å². The van der Waals surface area contributed by atoms with E-state index in [0.717, 1.165) is 19.5 Å². The van der Waals surface area contributed by atoms with Gasteiger partial charge in [-0.1, -0.05) is 6.07 Å². The molecule has 1 aromatic rings. The number of nitrogens with two attached hydrogens (primary N) is 1. The van der Waals surface area contributed by atoms with Crippen LogP contribution in [0.4, 0.5) is 5.69 Å². The zero-order chi connectivity index (χ0) is 15.0. The number of hydrogen-bond donors (Lipinski definition) is 1. The minimum absolute atomic E-state index is 0.00751. The van der Waals surface area contributed by atoms with Gasteiger partial charge in [-0.05, 0) is 45.3 Å². The number of benzene rings is 1. The van der Waals surface area contributed by atoms with Crippen molar-refractivity contribution in [2.24, 2.45) is 0 Å². The molecule has 0 bridgehead atoms. The van der Waals surface area contributed by atoms with Crippen LogP contribution in [0.3, 0.4) is 0 Å². The summed E-state index contributed by atoms with van der Waals surface area (Å²) < 4.78 is 5.08. The number of anilines is 1. The molecule has 0 aliphatic rings. The number of carbonyl (C=O) groups excluding carboxylic acids is 1. The highest BCUT2D eigenvalue weighted by molar-refractivity contribution is 5.95. The molecule has 5 heteroatoms. The van der Waals surface area contributed by atoms with Crippen molar-refractivity contribution in [3.8, 4) is 0 Å². The van der Waals surface area contributed by atoms with Crippen LogP contribution in [0.15, 0.2) is 24.3 Å². The number of amides is 1. The monoisotopic (exact) mass is 279 g/mol. The SMILES string of the molecule is COCCN(CCCN(C)C)C(=O)c1cccc(N)c1. The molecule has 20 heavy (non-hydrogen) atoms. The molecule has 0 unspecified atom stereocenters. The Morgan fingerprint density at radius 2 is 2.00 bits per heavy atom. The molecule has 0 aromatic heterocycles. The number of nitrogen functional groups attached to an aromatic ring is 1. The fraction of sp³-hybridized carbons (Fsp3) is 0.533. The van der Waals surface area contributed by atoms with Crippen LogP contribution in [0.1, 0.15) is 16.8 Å². The number of methoxy groups -OCH3 is 1. The Kier molecular flexibility index (Phi) is 7.04. The minimum atomic E-state index is 0.00751. The predicted molar refractivity (Wildman–Crippen MR) is 81.8 cm³/mol. The van der Waals surface area contributed by atoms with Crippen molar-refractivity contribution in [3.05, 3.63) is 29.8 Å². The van der Waals surface area contributed by atoms with Gasteiger partial charge in [-0.25, -0.2) is 0 Å². The predicted octanol–water partition coefficient (Wildman–Crippen LogP) is 1.31. The van der Waals surface area contributed by atoms with E-state index in [1.54, 1.807) is 31.4 Å². The van der Waals surface area contributed by atoms with E-state index in [2.05, 4.69) is 4.90 Å². The fourth-order valence-corrected chi connectivity index (χ4v) is 1.95. The molecular weight excluding hydrogens is 254 g/mol. The highest BCUT2D eigenvalue weighted by Gasteiger charge is 2.15. The van der Waals surface area contributed by atoms with E-state index in [1.165, 1.54) is 0 Å². The molecule has 0 fully saturated rings. The molecule has 0 radical (unpaired) electrons. The van der Waals surface area contributed by atoms with Gasteiger partial charge in [-0.3, -0.25) is 4.79 Å². The lowest BCUT2D eigenvalue weighted by Crippen LogP contribution is -2.36. The Morgan fingerprint density at radius 1 is 1.25 bits per heavy atom. The lowest BCUT2D eigenvalue weighted by molar-refractivity contribution is 0.0689. The van der Waals surface area contributed by atoms with Crippen LogP contribution in [-0.4, -0.2) is 63.2 Å². The van der Waals surface area contributed by atoms with E-state index in [4.69, 9.17) is 10.5 Å². The third-order valence-corrected chi connectivity index (χ3v) is 3.02. The van der Waals surface area contributed by atoms with E-state index in [-0.39, 0.29) is 5.91 Å². The maximum atomic E-state index is 12.5. The summed E-state index contributed by atoms with van der Waals surface area (Å²) in [6.45, 7) is 2.80. The van der Waals surface area contributed by atoms with Gasteiger partial charge in [0.2, 0.25) is 0 Å². The van der Waals surface area contributed by atoms with E-state index in [1.807, 2.05) is 19.0 Å². The summed E-state index contributed by atoms with van der Waals surface area (Å²) in [5.74, 6) is 0.00751. The Morgan fingerprint density at radius 3 is 2.60 bits per heavy atom. The first-order valence-electron chi connectivity index (χ1n) is 6.83. The van der Waals surface area contributed by atoms with Gasteiger partial charge < -0.3 is 20.3 Å². The molecule has 112 valence electrons. The molecule has 1 rings (SSSR count). The van der Waals surface area contributed by atoms with Gasteiger partial charge in [-0.15, -0.1) is 0 Å². The quantitative estimate of drug-likeness (QED) is 0.729. The summed E-state index contributed by atoms with van der Waals surface area (Å²) in [5, 5.41) is 0. The summed E-state index contributed by atoms with van der Waals surface area (Å²) in [4.78, 5) is 16.4. The molecule has 0 aliphatic carbocycles. The second-order valence-corrected chi connectivity index (χ2v) is 5.07.